The molecule has 1 fully saturated rings. The fourth-order valence-electron chi connectivity index (χ4n) is 2.09. The SMILES string of the molecule is FC(F)(F)c1ccnc(NC2CCC(Cl)CC2)c1. The predicted molar refractivity (Wildman–Crippen MR) is 64.8 cm³/mol. The summed E-state index contributed by atoms with van der Waals surface area (Å²) in [5.41, 5.74) is -0.675. The van der Waals surface area contributed by atoms with Crippen molar-refractivity contribution in [2.75, 3.05) is 5.32 Å². The van der Waals surface area contributed by atoms with E-state index in [-0.39, 0.29) is 17.2 Å². The van der Waals surface area contributed by atoms with Crippen molar-refractivity contribution < 1.29 is 13.2 Å². The first-order valence-corrected chi connectivity index (χ1v) is 6.32. The van der Waals surface area contributed by atoms with Crippen LogP contribution >= 0.6 is 11.6 Å². The van der Waals surface area contributed by atoms with Gasteiger partial charge in [0.1, 0.15) is 5.82 Å². The Hall–Kier alpha value is -0.970. The van der Waals surface area contributed by atoms with Crippen LogP contribution in [-0.2, 0) is 6.18 Å². The van der Waals surface area contributed by atoms with Crippen LogP contribution < -0.4 is 5.32 Å². The molecular formula is C12H14ClF3N2. The average molecular weight is 279 g/mol. The number of aromatic nitrogens is 1. The number of alkyl halides is 4. The Morgan fingerprint density at radius 2 is 1.89 bits per heavy atom. The summed E-state index contributed by atoms with van der Waals surface area (Å²) in [7, 11) is 0. The van der Waals surface area contributed by atoms with E-state index in [0.717, 1.165) is 37.8 Å². The second kappa shape index (κ2) is 5.34. The van der Waals surface area contributed by atoms with Crippen molar-refractivity contribution in [1.29, 1.82) is 0 Å². The first kappa shape index (κ1) is 13.5. The molecule has 0 unspecified atom stereocenters. The maximum Gasteiger partial charge on any atom is 0.416 e. The van der Waals surface area contributed by atoms with Crippen molar-refractivity contribution >= 4 is 17.4 Å². The van der Waals surface area contributed by atoms with Gasteiger partial charge in [0.05, 0.1) is 5.56 Å². The lowest BCUT2D eigenvalue weighted by atomic mass is 9.95. The minimum absolute atomic E-state index is 0.163. The Kier molecular flexibility index (Phi) is 4.00. The van der Waals surface area contributed by atoms with Gasteiger partial charge < -0.3 is 5.32 Å². The Labute approximate surface area is 109 Å². The monoisotopic (exact) mass is 278 g/mol. The summed E-state index contributed by atoms with van der Waals surface area (Å²) in [4.78, 5) is 3.92. The third-order valence-electron chi connectivity index (χ3n) is 3.10. The lowest BCUT2D eigenvalue weighted by Crippen LogP contribution is -2.26. The van der Waals surface area contributed by atoms with Crippen LogP contribution in [-0.4, -0.2) is 16.4 Å². The second-order valence-electron chi connectivity index (χ2n) is 4.52. The summed E-state index contributed by atoms with van der Waals surface area (Å²) >= 11 is 5.98. The minimum Gasteiger partial charge on any atom is -0.367 e. The normalized spacial score (nSPS) is 24.9. The molecule has 1 heterocycles. The van der Waals surface area contributed by atoms with Gasteiger partial charge in [-0.05, 0) is 37.8 Å². The predicted octanol–water partition coefficient (Wildman–Crippen LogP) is 4.06. The van der Waals surface area contributed by atoms with Crippen LogP contribution in [0.5, 0.6) is 0 Å². The van der Waals surface area contributed by atoms with Crippen molar-refractivity contribution in [3.63, 3.8) is 0 Å². The summed E-state index contributed by atoms with van der Waals surface area (Å²) in [6, 6.07) is 2.18. The topological polar surface area (TPSA) is 24.9 Å². The van der Waals surface area contributed by atoms with E-state index < -0.39 is 11.7 Å². The largest absolute Gasteiger partial charge is 0.416 e. The highest BCUT2D eigenvalue weighted by Crippen LogP contribution is 2.31. The molecule has 0 aliphatic heterocycles. The van der Waals surface area contributed by atoms with E-state index >= 15 is 0 Å². The highest BCUT2D eigenvalue weighted by atomic mass is 35.5. The van der Waals surface area contributed by atoms with Crippen LogP contribution in [0.25, 0.3) is 0 Å². The fraction of sp³-hybridized carbons (Fsp3) is 0.583. The number of hydrogen-bond donors (Lipinski definition) is 1. The van der Waals surface area contributed by atoms with E-state index in [2.05, 4.69) is 10.3 Å². The maximum absolute atomic E-state index is 12.5. The van der Waals surface area contributed by atoms with Crippen molar-refractivity contribution in [3.8, 4) is 0 Å². The van der Waals surface area contributed by atoms with Gasteiger partial charge in [0.25, 0.3) is 0 Å². The molecule has 0 amide bonds. The van der Waals surface area contributed by atoms with E-state index in [9.17, 15) is 13.2 Å². The van der Waals surface area contributed by atoms with Gasteiger partial charge in [0, 0.05) is 17.6 Å². The Morgan fingerprint density at radius 3 is 2.50 bits per heavy atom. The quantitative estimate of drug-likeness (QED) is 0.825. The maximum atomic E-state index is 12.5. The molecule has 1 aromatic heterocycles. The molecule has 1 aromatic rings. The molecule has 0 spiro atoms. The first-order chi connectivity index (χ1) is 8.45. The third kappa shape index (κ3) is 3.51. The van der Waals surface area contributed by atoms with Crippen LogP contribution in [0.1, 0.15) is 31.2 Å². The number of anilines is 1. The highest BCUT2D eigenvalue weighted by Gasteiger charge is 2.31. The molecule has 100 valence electrons. The van der Waals surface area contributed by atoms with Crippen molar-refractivity contribution in [2.45, 2.75) is 43.3 Å². The van der Waals surface area contributed by atoms with Gasteiger partial charge in [-0.15, -0.1) is 11.6 Å². The summed E-state index contributed by atoms with van der Waals surface area (Å²) < 4.78 is 37.6. The van der Waals surface area contributed by atoms with Gasteiger partial charge in [-0.25, -0.2) is 4.98 Å². The lowest BCUT2D eigenvalue weighted by Gasteiger charge is -2.26. The Balaban J connectivity index is 2.01. The summed E-state index contributed by atoms with van der Waals surface area (Å²) in [5.74, 6) is 0.280. The van der Waals surface area contributed by atoms with Crippen LogP contribution in [0, 0.1) is 0 Å². The van der Waals surface area contributed by atoms with Crippen molar-refractivity contribution in [1.82, 2.24) is 4.98 Å². The molecule has 1 N–H and O–H groups in total. The molecule has 1 aliphatic rings. The minimum atomic E-state index is -4.33. The van der Waals surface area contributed by atoms with Gasteiger partial charge >= 0.3 is 6.18 Å². The van der Waals surface area contributed by atoms with E-state index in [0.29, 0.717) is 0 Å². The molecule has 0 saturated heterocycles. The molecule has 1 aliphatic carbocycles. The summed E-state index contributed by atoms with van der Waals surface area (Å²) in [6.45, 7) is 0. The van der Waals surface area contributed by atoms with Gasteiger partial charge in [-0.1, -0.05) is 0 Å². The van der Waals surface area contributed by atoms with Crippen molar-refractivity contribution in [2.24, 2.45) is 0 Å². The number of hydrogen-bond acceptors (Lipinski definition) is 2. The first-order valence-electron chi connectivity index (χ1n) is 5.89. The van der Waals surface area contributed by atoms with Gasteiger partial charge in [0.15, 0.2) is 0 Å². The number of nitrogens with zero attached hydrogens (tertiary/aromatic N) is 1. The molecule has 2 rings (SSSR count). The van der Waals surface area contributed by atoms with Gasteiger partial charge in [0.2, 0.25) is 0 Å². The third-order valence-corrected chi connectivity index (χ3v) is 3.53. The van der Waals surface area contributed by atoms with Crippen LogP contribution in [0.4, 0.5) is 19.0 Å². The number of pyridine rings is 1. The fourth-order valence-corrected chi connectivity index (χ4v) is 2.34. The van der Waals surface area contributed by atoms with E-state index in [1.165, 1.54) is 6.20 Å². The number of rotatable bonds is 2. The number of halogens is 4. The van der Waals surface area contributed by atoms with E-state index in [1.807, 2.05) is 0 Å². The Morgan fingerprint density at radius 1 is 1.22 bits per heavy atom. The zero-order valence-electron chi connectivity index (χ0n) is 9.67. The standard InChI is InChI=1S/C12H14ClF3N2/c13-9-1-3-10(4-2-9)18-11-7-8(5-6-17-11)12(14,15)16/h5-7,9-10H,1-4H2,(H,17,18). The summed E-state index contributed by atoms with van der Waals surface area (Å²) in [5, 5.41) is 3.24. The van der Waals surface area contributed by atoms with Crippen LogP contribution in [0.2, 0.25) is 0 Å². The molecule has 0 atom stereocenters. The van der Waals surface area contributed by atoms with Crippen LogP contribution in [0.3, 0.4) is 0 Å². The zero-order chi connectivity index (χ0) is 13.2. The van der Waals surface area contributed by atoms with E-state index in [4.69, 9.17) is 11.6 Å². The molecule has 6 heteroatoms. The van der Waals surface area contributed by atoms with Crippen molar-refractivity contribution in [3.05, 3.63) is 23.9 Å². The highest BCUT2D eigenvalue weighted by molar-refractivity contribution is 6.20. The molecule has 0 radical (unpaired) electrons. The number of nitrogens with one attached hydrogen (secondary N) is 1. The smallest absolute Gasteiger partial charge is 0.367 e. The van der Waals surface area contributed by atoms with Gasteiger partial charge in [-0.2, -0.15) is 13.2 Å². The molecular weight excluding hydrogens is 265 g/mol. The van der Waals surface area contributed by atoms with Crippen LogP contribution in [0.15, 0.2) is 18.3 Å². The summed E-state index contributed by atoms with van der Waals surface area (Å²) in [6.07, 6.45) is 0.361. The lowest BCUT2D eigenvalue weighted by molar-refractivity contribution is -0.137. The second-order valence-corrected chi connectivity index (χ2v) is 5.14. The Bertz CT molecular complexity index is 401. The average Bonchev–Trinajstić information content (AvgIpc) is 2.31. The molecule has 18 heavy (non-hydrogen) atoms. The van der Waals surface area contributed by atoms with Gasteiger partial charge in [-0.3, -0.25) is 0 Å². The van der Waals surface area contributed by atoms with E-state index in [1.54, 1.807) is 0 Å². The molecule has 0 bridgehead atoms. The molecule has 1 saturated carbocycles. The molecule has 0 aromatic carbocycles. The molecule has 2 nitrogen and oxygen atoms in total. The zero-order valence-corrected chi connectivity index (χ0v) is 10.4.